The average molecular weight is 282 g/mol. The number of benzene rings is 1. The van der Waals surface area contributed by atoms with Crippen molar-refractivity contribution in [1.29, 1.82) is 0 Å². The van der Waals surface area contributed by atoms with Crippen molar-refractivity contribution in [3.05, 3.63) is 34.9 Å². The Labute approximate surface area is 117 Å². The molecule has 2 N–H and O–H groups in total. The van der Waals surface area contributed by atoms with Gasteiger partial charge in [-0.2, -0.15) is 5.10 Å². The zero-order valence-corrected chi connectivity index (χ0v) is 11.8. The maximum atomic E-state index is 11.4. The molecular weight excluding hydrogens is 266 g/mol. The molecule has 0 spiro atoms. The Kier molecular flexibility index (Phi) is 5.51. The Morgan fingerprint density at radius 2 is 1.74 bits per heavy atom. The van der Waals surface area contributed by atoms with Gasteiger partial charge >= 0.3 is 11.8 Å². The molecule has 0 fully saturated rings. The summed E-state index contributed by atoms with van der Waals surface area (Å²) in [5.41, 5.74) is 3.60. The molecule has 0 unspecified atom stereocenters. The van der Waals surface area contributed by atoms with Gasteiger partial charge in [-0.1, -0.05) is 23.7 Å². The molecule has 5 nitrogen and oxygen atoms in total. The predicted molar refractivity (Wildman–Crippen MR) is 75.1 cm³/mol. The normalized spacial score (nSPS) is 11.3. The van der Waals surface area contributed by atoms with E-state index in [9.17, 15) is 9.59 Å². The second-order valence-electron chi connectivity index (χ2n) is 4.27. The standard InChI is InChI=1S/C13H16ClN3O2/c1-8(2)15-12(18)13(19)17-16-9(3)10-4-6-11(14)7-5-10/h4-8H,1-3H3,(H,15,18)(H,17,19)/b16-9-. The van der Waals surface area contributed by atoms with Gasteiger partial charge in [0.05, 0.1) is 5.71 Å². The lowest BCUT2D eigenvalue weighted by Gasteiger charge is -2.07. The van der Waals surface area contributed by atoms with Gasteiger partial charge in [0.15, 0.2) is 0 Å². The number of nitrogens with one attached hydrogen (secondary N) is 2. The molecule has 0 heterocycles. The first-order chi connectivity index (χ1) is 8.90. The van der Waals surface area contributed by atoms with Crippen LogP contribution in [0.15, 0.2) is 29.4 Å². The molecule has 0 aliphatic rings. The van der Waals surface area contributed by atoms with Crippen molar-refractivity contribution in [2.75, 3.05) is 0 Å². The summed E-state index contributed by atoms with van der Waals surface area (Å²) in [5.74, 6) is -1.50. The summed E-state index contributed by atoms with van der Waals surface area (Å²) in [6.45, 7) is 5.27. The summed E-state index contributed by atoms with van der Waals surface area (Å²) in [6.07, 6.45) is 0. The van der Waals surface area contributed by atoms with E-state index in [2.05, 4.69) is 15.8 Å². The SMILES string of the molecule is C/C(=N/NC(=O)C(=O)NC(C)C)c1ccc(Cl)cc1. The van der Waals surface area contributed by atoms with Crippen LogP contribution in [-0.4, -0.2) is 23.6 Å². The van der Waals surface area contributed by atoms with Crippen LogP contribution in [0.2, 0.25) is 5.02 Å². The summed E-state index contributed by atoms with van der Waals surface area (Å²) < 4.78 is 0. The molecule has 0 aliphatic heterocycles. The highest BCUT2D eigenvalue weighted by Gasteiger charge is 2.13. The fraction of sp³-hybridized carbons (Fsp3) is 0.308. The Morgan fingerprint density at radius 1 is 1.16 bits per heavy atom. The quantitative estimate of drug-likeness (QED) is 0.503. The number of carbonyl (C=O) groups is 2. The fourth-order valence-corrected chi connectivity index (χ4v) is 1.39. The largest absolute Gasteiger partial charge is 0.346 e. The van der Waals surface area contributed by atoms with Gasteiger partial charge < -0.3 is 5.32 Å². The monoisotopic (exact) mass is 281 g/mol. The minimum absolute atomic E-state index is 0.0976. The van der Waals surface area contributed by atoms with Gasteiger partial charge in [-0.3, -0.25) is 9.59 Å². The Bertz CT molecular complexity index is 495. The smallest absolute Gasteiger partial charge is 0.329 e. The lowest BCUT2D eigenvalue weighted by molar-refractivity contribution is -0.139. The predicted octanol–water partition coefficient (Wildman–Crippen LogP) is 1.70. The van der Waals surface area contributed by atoms with Crippen LogP contribution in [0.1, 0.15) is 26.3 Å². The summed E-state index contributed by atoms with van der Waals surface area (Å²) in [6, 6.07) is 6.91. The van der Waals surface area contributed by atoms with Crippen LogP contribution < -0.4 is 10.7 Å². The highest BCUT2D eigenvalue weighted by atomic mass is 35.5. The molecule has 0 bridgehead atoms. The molecule has 0 radical (unpaired) electrons. The topological polar surface area (TPSA) is 70.6 Å². The van der Waals surface area contributed by atoms with Gasteiger partial charge in [-0.15, -0.1) is 0 Å². The first-order valence-corrected chi connectivity index (χ1v) is 6.19. The van der Waals surface area contributed by atoms with Gasteiger partial charge in [0, 0.05) is 11.1 Å². The van der Waals surface area contributed by atoms with E-state index in [1.807, 2.05) is 0 Å². The maximum Gasteiger partial charge on any atom is 0.329 e. The van der Waals surface area contributed by atoms with Gasteiger partial charge in [0.2, 0.25) is 0 Å². The van der Waals surface area contributed by atoms with Crippen LogP contribution in [0.25, 0.3) is 0 Å². The number of nitrogens with zero attached hydrogens (tertiary/aromatic N) is 1. The first-order valence-electron chi connectivity index (χ1n) is 5.81. The first kappa shape index (κ1) is 15.2. The molecule has 1 aromatic rings. The van der Waals surface area contributed by atoms with Crippen LogP contribution in [-0.2, 0) is 9.59 Å². The molecule has 1 aromatic carbocycles. The summed E-state index contributed by atoms with van der Waals surface area (Å²) in [5, 5.41) is 6.96. The molecule has 0 atom stereocenters. The minimum atomic E-state index is -0.790. The van der Waals surface area contributed by atoms with Crippen molar-refractivity contribution in [1.82, 2.24) is 10.7 Å². The Hall–Kier alpha value is -1.88. The van der Waals surface area contributed by atoms with E-state index in [0.717, 1.165) is 5.56 Å². The van der Waals surface area contributed by atoms with Crippen molar-refractivity contribution in [2.24, 2.45) is 5.10 Å². The van der Waals surface area contributed by atoms with Gasteiger partial charge in [0.1, 0.15) is 0 Å². The highest BCUT2D eigenvalue weighted by molar-refractivity contribution is 6.35. The molecule has 0 saturated carbocycles. The van der Waals surface area contributed by atoms with Crippen molar-refractivity contribution >= 4 is 29.1 Å². The number of hydrogen-bond donors (Lipinski definition) is 2. The second-order valence-corrected chi connectivity index (χ2v) is 4.71. The number of carbonyl (C=O) groups excluding carboxylic acids is 2. The van der Waals surface area contributed by atoms with Crippen LogP contribution in [0.3, 0.4) is 0 Å². The van der Waals surface area contributed by atoms with Crippen LogP contribution in [0.4, 0.5) is 0 Å². The summed E-state index contributed by atoms with van der Waals surface area (Å²) in [4.78, 5) is 22.8. The highest BCUT2D eigenvalue weighted by Crippen LogP contribution is 2.09. The van der Waals surface area contributed by atoms with Gasteiger partial charge in [-0.25, -0.2) is 5.43 Å². The van der Waals surface area contributed by atoms with Crippen molar-refractivity contribution in [3.63, 3.8) is 0 Å². The van der Waals surface area contributed by atoms with Crippen LogP contribution in [0, 0.1) is 0 Å². The molecule has 0 saturated heterocycles. The van der Waals surface area contributed by atoms with Crippen LogP contribution >= 0.6 is 11.6 Å². The average Bonchev–Trinajstić information content (AvgIpc) is 2.35. The van der Waals surface area contributed by atoms with Crippen LogP contribution in [0.5, 0.6) is 0 Å². The Morgan fingerprint density at radius 3 is 2.26 bits per heavy atom. The molecule has 0 aliphatic carbocycles. The van der Waals surface area contributed by atoms with Crippen molar-refractivity contribution in [2.45, 2.75) is 26.8 Å². The molecule has 19 heavy (non-hydrogen) atoms. The third kappa shape index (κ3) is 5.09. The van der Waals surface area contributed by atoms with Gasteiger partial charge in [-0.05, 0) is 38.5 Å². The zero-order chi connectivity index (χ0) is 14.4. The van der Waals surface area contributed by atoms with E-state index in [1.54, 1.807) is 45.0 Å². The lowest BCUT2D eigenvalue weighted by atomic mass is 10.1. The van der Waals surface area contributed by atoms with Crippen molar-refractivity contribution < 1.29 is 9.59 Å². The molecule has 1 rings (SSSR count). The summed E-state index contributed by atoms with van der Waals surface area (Å²) >= 11 is 5.77. The van der Waals surface area contributed by atoms with E-state index in [1.165, 1.54) is 0 Å². The molecule has 102 valence electrons. The molecule has 6 heteroatoms. The lowest BCUT2D eigenvalue weighted by Crippen LogP contribution is -2.41. The molecule has 0 aromatic heterocycles. The van der Waals surface area contributed by atoms with E-state index in [0.29, 0.717) is 10.7 Å². The third-order valence-electron chi connectivity index (χ3n) is 2.21. The maximum absolute atomic E-state index is 11.4. The number of hydrogen-bond acceptors (Lipinski definition) is 3. The molecule has 2 amide bonds. The summed E-state index contributed by atoms with van der Waals surface area (Å²) in [7, 11) is 0. The number of hydrazone groups is 1. The minimum Gasteiger partial charge on any atom is -0.346 e. The van der Waals surface area contributed by atoms with Gasteiger partial charge in [0.25, 0.3) is 0 Å². The number of rotatable bonds is 3. The zero-order valence-electron chi connectivity index (χ0n) is 11.0. The Balaban J connectivity index is 2.63. The van der Waals surface area contributed by atoms with E-state index in [4.69, 9.17) is 11.6 Å². The number of halogens is 1. The third-order valence-corrected chi connectivity index (χ3v) is 2.47. The van der Waals surface area contributed by atoms with E-state index < -0.39 is 11.8 Å². The number of amides is 2. The second kappa shape index (κ2) is 6.89. The van der Waals surface area contributed by atoms with E-state index in [-0.39, 0.29) is 6.04 Å². The molecular formula is C13H16ClN3O2. The van der Waals surface area contributed by atoms with E-state index >= 15 is 0 Å². The van der Waals surface area contributed by atoms with Crippen molar-refractivity contribution in [3.8, 4) is 0 Å². The fourth-order valence-electron chi connectivity index (χ4n) is 1.27.